The average Bonchev–Trinajstić information content (AvgIpc) is 2.27. The fraction of sp³-hybridized carbons (Fsp3) is 0.417. The molecular formula is C12H19N3O2. The van der Waals surface area contributed by atoms with Crippen molar-refractivity contribution in [3.05, 3.63) is 23.8 Å². The van der Waals surface area contributed by atoms with E-state index in [1.807, 2.05) is 38.1 Å². The minimum atomic E-state index is -0.460. The summed E-state index contributed by atoms with van der Waals surface area (Å²) in [6.07, 6.45) is -0.460. The van der Waals surface area contributed by atoms with Gasteiger partial charge in [0.05, 0.1) is 6.67 Å². The van der Waals surface area contributed by atoms with Crippen molar-refractivity contribution < 1.29 is 9.53 Å². The highest BCUT2D eigenvalue weighted by atomic mass is 16.5. The summed E-state index contributed by atoms with van der Waals surface area (Å²) in [5.41, 5.74) is 2.07. The SMILES string of the molecule is CNC(=O)Oc1ccc(NCN(C)C)c(C)c1. The Hall–Kier alpha value is -1.75. The lowest BCUT2D eigenvalue weighted by molar-refractivity contribution is 0.203. The molecule has 0 aliphatic carbocycles. The number of rotatable bonds is 4. The fourth-order valence-electron chi connectivity index (χ4n) is 1.30. The number of hydrogen-bond acceptors (Lipinski definition) is 4. The van der Waals surface area contributed by atoms with Crippen LogP contribution in [0.4, 0.5) is 10.5 Å². The largest absolute Gasteiger partial charge is 0.412 e. The van der Waals surface area contributed by atoms with Gasteiger partial charge >= 0.3 is 6.09 Å². The van der Waals surface area contributed by atoms with E-state index in [9.17, 15) is 4.79 Å². The topological polar surface area (TPSA) is 53.6 Å². The Morgan fingerprint density at radius 3 is 2.65 bits per heavy atom. The van der Waals surface area contributed by atoms with E-state index in [1.165, 1.54) is 7.05 Å². The zero-order valence-corrected chi connectivity index (χ0v) is 10.7. The summed E-state index contributed by atoms with van der Waals surface area (Å²) in [6, 6.07) is 5.49. The first kappa shape index (κ1) is 13.3. The van der Waals surface area contributed by atoms with E-state index < -0.39 is 6.09 Å². The summed E-state index contributed by atoms with van der Waals surface area (Å²) in [7, 11) is 5.51. The Balaban J connectivity index is 2.69. The molecule has 0 aromatic heterocycles. The maximum atomic E-state index is 11.0. The molecule has 1 aromatic rings. The molecule has 0 aliphatic rings. The Bertz CT molecular complexity index is 391. The highest BCUT2D eigenvalue weighted by Gasteiger charge is 2.04. The maximum absolute atomic E-state index is 11.0. The molecule has 1 amide bonds. The van der Waals surface area contributed by atoms with Crippen molar-refractivity contribution in [2.45, 2.75) is 6.92 Å². The lowest BCUT2D eigenvalue weighted by Gasteiger charge is -2.14. The van der Waals surface area contributed by atoms with Gasteiger partial charge in [0, 0.05) is 12.7 Å². The number of benzene rings is 1. The van der Waals surface area contributed by atoms with Crippen LogP contribution < -0.4 is 15.4 Å². The number of hydrogen-bond donors (Lipinski definition) is 2. The predicted molar refractivity (Wildman–Crippen MR) is 68.4 cm³/mol. The molecule has 0 spiro atoms. The minimum Gasteiger partial charge on any atom is -0.410 e. The van der Waals surface area contributed by atoms with E-state index >= 15 is 0 Å². The summed E-state index contributed by atoms with van der Waals surface area (Å²) >= 11 is 0. The van der Waals surface area contributed by atoms with Gasteiger partial charge in [-0.25, -0.2) is 4.79 Å². The lowest BCUT2D eigenvalue weighted by atomic mass is 10.2. The molecular weight excluding hydrogens is 218 g/mol. The molecule has 1 aromatic carbocycles. The van der Waals surface area contributed by atoms with Crippen molar-refractivity contribution >= 4 is 11.8 Å². The van der Waals surface area contributed by atoms with E-state index in [0.717, 1.165) is 17.9 Å². The second kappa shape index (κ2) is 6.10. The smallest absolute Gasteiger partial charge is 0.410 e. The number of amides is 1. The van der Waals surface area contributed by atoms with Crippen molar-refractivity contribution in [3.8, 4) is 5.75 Å². The van der Waals surface area contributed by atoms with E-state index in [4.69, 9.17) is 4.74 Å². The molecule has 0 bridgehead atoms. The second-order valence-corrected chi connectivity index (χ2v) is 4.03. The van der Waals surface area contributed by atoms with Crippen molar-refractivity contribution in [3.63, 3.8) is 0 Å². The van der Waals surface area contributed by atoms with Crippen LogP contribution in [0.1, 0.15) is 5.56 Å². The normalized spacial score (nSPS) is 10.2. The third-order valence-corrected chi connectivity index (χ3v) is 2.20. The lowest BCUT2D eigenvalue weighted by Crippen LogP contribution is -2.22. The van der Waals surface area contributed by atoms with E-state index in [1.54, 1.807) is 6.07 Å². The van der Waals surface area contributed by atoms with Gasteiger partial charge in [0.2, 0.25) is 0 Å². The first-order valence-corrected chi connectivity index (χ1v) is 5.41. The van der Waals surface area contributed by atoms with Crippen LogP contribution in [-0.2, 0) is 0 Å². The van der Waals surface area contributed by atoms with Crippen LogP contribution in [0.3, 0.4) is 0 Å². The quantitative estimate of drug-likeness (QED) is 0.782. The van der Waals surface area contributed by atoms with Gasteiger partial charge in [0.25, 0.3) is 0 Å². The average molecular weight is 237 g/mol. The Kier molecular flexibility index (Phi) is 4.78. The van der Waals surface area contributed by atoms with Gasteiger partial charge in [0.1, 0.15) is 5.75 Å². The highest BCUT2D eigenvalue weighted by molar-refractivity contribution is 5.70. The number of anilines is 1. The van der Waals surface area contributed by atoms with Gasteiger partial charge in [-0.05, 0) is 44.8 Å². The molecule has 0 unspecified atom stereocenters. The summed E-state index contributed by atoms with van der Waals surface area (Å²) in [5.74, 6) is 0.539. The van der Waals surface area contributed by atoms with Crippen LogP contribution in [0.15, 0.2) is 18.2 Å². The Labute approximate surface area is 102 Å². The number of nitrogens with zero attached hydrogens (tertiary/aromatic N) is 1. The first-order valence-electron chi connectivity index (χ1n) is 5.41. The van der Waals surface area contributed by atoms with Crippen molar-refractivity contribution in [1.29, 1.82) is 0 Å². The third-order valence-electron chi connectivity index (χ3n) is 2.20. The molecule has 1 rings (SSSR count). The van der Waals surface area contributed by atoms with Gasteiger partial charge in [-0.3, -0.25) is 4.90 Å². The monoisotopic (exact) mass is 237 g/mol. The van der Waals surface area contributed by atoms with E-state index in [0.29, 0.717) is 5.75 Å². The second-order valence-electron chi connectivity index (χ2n) is 4.03. The number of nitrogens with one attached hydrogen (secondary N) is 2. The number of carbonyl (C=O) groups is 1. The summed E-state index contributed by atoms with van der Waals surface area (Å²) in [6.45, 7) is 2.73. The molecule has 2 N–H and O–H groups in total. The third kappa shape index (κ3) is 4.32. The van der Waals surface area contributed by atoms with Gasteiger partial charge in [-0.2, -0.15) is 0 Å². The Morgan fingerprint density at radius 1 is 1.41 bits per heavy atom. The zero-order chi connectivity index (χ0) is 12.8. The van der Waals surface area contributed by atoms with Crippen molar-refractivity contribution in [2.75, 3.05) is 33.1 Å². The zero-order valence-electron chi connectivity index (χ0n) is 10.7. The number of aryl methyl sites for hydroxylation is 1. The highest BCUT2D eigenvalue weighted by Crippen LogP contribution is 2.21. The van der Waals surface area contributed by atoms with Crippen LogP contribution in [-0.4, -0.2) is 38.8 Å². The molecule has 0 aliphatic heterocycles. The van der Waals surface area contributed by atoms with Crippen LogP contribution in [0.2, 0.25) is 0 Å². The molecule has 0 radical (unpaired) electrons. The molecule has 0 atom stereocenters. The van der Waals surface area contributed by atoms with Crippen molar-refractivity contribution in [2.24, 2.45) is 0 Å². The fourth-order valence-corrected chi connectivity index (χ4v) is 1.30. The summed E-state index contributed by atoms with van der Waals surface area (Å²) in [5, 5.41) is 5.68. The molecule has 0 fully saturated rings. The van der Waals surface area contributed by atoms with Gasteiger partial charge in [0.15, 0.2) is 0 Å². The molecule has 94 valence electrons. The molecule has 5 heteroatoms. The summed E-state index contributed by atoms with van der Waals surface area (Å²) < 4.78 is 5.04. The van der Waals surface area contributed by atoms with Gasteiger partial charge in [-0.15, -0.1) is 0 Å². The Morgan fingerprint density at radius 2 is 2.12 bits per heavy atom. The van der Waals surface area contributed by atoms with Crippen LogP contribution in [0.25, 0.3) is 0 Å². The number of carbonyl (C=O) groups excluding carboxylic acids is 1. The maximum Gasteiger partial charge on any atom is 0.412 e. The predicted octanol–water partition coefficient (Wildman–Crippen LogP) is 1.64. The first-order chi connectivity index (χ1) is 8.02. The van der Waals surface area contributed by atoms with Gasteiger partial charge in [-0.1, -0.05) is 0 Å². The number of ether oxygens (including phenoxy) is 1. The van der Waals surface area contributed by atoms with E-state index in [2.05, 4.69) is 10.6 Å². The van der Waals surface area contributed by atoms with Crippen LogP contribution >= 0.6 is 0 Å². The van der Waals surface area contributed by atoms with E-state index in [-0.39, 0.29) is 0 Å². The van der Waals surface area contributed by atoms with Crippen molar-refractivity contribution in [1.82, 2.24) is 10.2 Å². The van der Waals surface area contributed by atoms with Gasteiger partial charge < -0.3 is 15.4 Å². The minimum absolute atomic E-state index is 0.460. The molecule has 17 heavy (non-hydrogen) atoms. The standard InChI is InChI=1S/C12H19N3O2/c1-9-7-10(17-12(16)13-2)5-6-11(9)14-8-15(3)4/h5-7,14H,8H2,1-4H3,(H,13,16). The molecule has 0 saturated heterocycles. The van der Waals surface area contributed by atoms with Crippen LogP contribution in [0, 0.1) is 6.92 Å². The molecule has 0 heterocycles. The van der Waals surface area contributed by atoms with Crippen LogP contribution in [0.5, 0.6) is 5.75 Å². The summed E-state index contributed by atoms with van der Waals surface area (Å²) in [4.78, 5) is 13.1. The molecule has 5 nitrogen and oxygen atoms in total. The molecule has 0 saturated carbocycles.